The molecule has 4 nitrogen and oxygen atoms in total. The zero-order chi connectivity index (χ0) is 14.3. The Hall–Kier alpha value is -1.39. The minimum atomic E-state index is -0.831. The van der Waals surface area contributed by atoms with Crippen LogP contribution >= 0.6 is 0 Å². The van der Waals surface area contributed by atoms with Crippen molar-refractivity contribution in [1.82, 2.24) is 4.90 Å². The second-order valence-corrected chi connectivity index (χ2v) is 4.83. The topological polar surface area (TPSA) is 66.6 Å². The van der Waals surface area contributed by atoms with Crippen LogP contribution in [-0.2, 0) is 11.2 Å². The van der Waals surface area contributed by atoms with E-state index < -0.39 is 12.1 Å². The maximum absolute atomic E-state index is 12.1. The number of amides is 1. The predicted octanol–water partition coefficient (Wildman–Crippen LogP) is 1.18. The second-order valence-electron chi connectivity index (χ2n) is 4.83. The summed E-state index contributed by atoms with van der Waals surface area (Å²) < 4.78 is 0. The number of nitrogens with two attached hydrogens (primary N) is 1. The van der Waals surface area contributed by atoms with Gasteiger partial charge in [-0.1, -0.05) is 37.3 Å². The first-order valence-electron chi connectivity index (χ1n) is 6.82. The molecule has 0 aliphatic carbocycles. The molecule has 2 atom stereocenters. The van der Waals surface area contributed by atoms with Gasteiger partial charge in [0.05, 0.1) is 6.10 Å². The van der Waals surface area contributed by atoms with E-state index >= 15 is 0 Å². The number of benzene rings is 1. The number of aliphatic hydroxyl groups is 1. The normalized spacial score (nSPS) is 13.9. The van der Waals surface area contributed by atoms with Gasteiger partial charge in [-0.3, -0.25) is 4.79 Å². The Morgan fingerprint density at radius 1 is 1.32 bits per heavy atom. The number of hydrogen-bond acceptors (Lipinski definition) is 3. The summed E-state index contributed by atoms with van der Waals surface area (Å²) in [6.45, 7) is 4.88. The minimum Gasteiger partial charge on any atom is -0.391 e. The van der Waals surface area contributed by atoms with Crippen molar-refractivity contribution in [2.24, 2.45) is 5.73 Å². The van der Waals surface area contributed by atoms with Gasteiger partial charge in [-0.15, -0.1) is 0 Å². The van der Waals surface area contributed by atoms with Crippen LogP contribution in [0.1, 0.15) is 25.8 Å². The molecule has 0 bridgehead atoms. The summed E-state index contributed by atoms with van der Waals surface area (Å²) in [6.07, 6.45) is 0.871. The first kappa shape index (κ1) is 15.7. The summed E-state index contributed by atoms with van der Waals surface area (Å²) in [6, 6.07) is 9.21. The lowest BCUT2D eigenvalue weighted by Gasteiger charge is -2.26. The molecular formula is C15H24N2O2. The Labute approximate surface area is 115 Å². The Kier molecular flexibility index (Phi) is 6.53. The van der Waals surface area contributed by atoms with Crippen LogP contribution in [-0.4, -0.2) is 41.1 Å². The van der Waals surface area contributed by atoms with Crippen molar-refractivity contribution in [2.75, 3.05) is 13.1 Å². The third-order valence-corrected chi connectivity index (χ3v) is 3.12. The highest BCUT2D eigenvalue weighted by atomic mass is 16.3. The smallest absolute Gasteiger partial charge is 0.242 e. The maximum atomic E-state index is 12.1. The van der Waals surface area contributed by atoms with Crippen LogP contribution in [0.5, 0.6) is 0 Å². The molecule has 0 aliphatic rings. The fourth-order valence-corrected chi connectivity index (χ4v) is 1.93. The van der Waals surface area contributed by atoms with Crippen LogP contribution in [0.25, 0.3) is 0 Å². The molecule has 1 rings (SSSR count). The van der Waals surface area contributed by atoms with Gasteiger partial charge < -0.3 is 15.7 Å². The van der Waals surface area contributed by atoms with E-state index in [4.69, 9.17) is 5.73 Å². The molecule has 0 radical (unpaired) electrons. The lowest BCUT2D eigenvalue weighted by molar-refractivity contribution is -0.134. The number of nitrogens with zero attached hydrogens (tertiary/aromatic N) is 1. The molecule has 106 valence electrons. The number of rotatable bonds is 7. The number of carbonyl (C=O) groups is 1. The van der Waals surface area contributed by atoms with Crippen molar-refractivity contribution >= 4 is 5.91 Å². The van der Waals surface area contributed by atoms with E-state index in [1.165, 1.54) is 5.56 Å². The number of hydrogen-bond donors (Lipinski definition) is 2. The standard InChI is InChI=1S/C15H24N2O2/c1-3-10-17(15(19)14(16)12(2)18)11-9-13-7-5-4-6-8-13/h4-8,12,14,18H,3,9-11,16H2,1-2H3/t12-,14+/m1/s1. The number of carbonyl (C=O) groups excluding carboxylic acids is 1. The van der Waals surface area contributed by atoms with Gasteiger partial charge in [-0.2, -0.15) is 0 Å². The monoisotopic (exact) mass is 264 g/mol. The zero-order valence-corrected chi connectivity index (χ0v) is 11.7. The molecule has 0 heterocycles. The molecule has 0 aliphatic heterocycles. The van der Waals surface area contributed by atoms with Gasteiger partial charge in [0.25, 0.3) is 0 Å². The quantitative estimate of drug-likeness (QED) is 0.777. The summed E-state index contributed by atoms with van der Waals surface area (Å²) >= 11 is 0. The Morgan fingerprint density at radius 2 is 1.95 bits per heavy atom. The molecule has 1 aromatic carbocycles. The third kappa shape index (κ3) is 5.01. The van der Waals surface area contributed by atoms with Crippen molar-refractivity contribution in [3.63, 3.8) is 0 Å². The minimum absolute atomic E-state index is 0.173. The van der Waals surface area contributed by atoms with Crippen LogP contribution in [0.15, 0.2) is 30.3 Å². The van der Waals surface area contributed by atoms with Crippen LogP contribution in [0, 0.1) is 0 Å². The summed E-state index contributed by atoms with van der Waals surface area (Å²) in [7, 11) is 0. The van der Waals surface area contributed by atoms with Crippen LogP contribution in [0.3, 0.4) is 0 Å². The van der Waals surface area contributed by atoms with Gasteiger partial charge in [-0.25, -0.2) is 0 Å². The van der Waals surface area contributed by atoms with Gasteiger partial charge in [0.1, 0.15) is 6.04 Å². The maximum Gasteiger partial charge on any atom is 0.242 e. The van der Waals surface area contributed by atoms with E-state index in [1.807, 2.05) is 37.3 Å². The Bertz CT molecular complexity index is 379. The van der Waals surface area contributed by atoms with Crippen LogP contribution in [0.2, 0.25) is 0 Å². The third-order valence-electron chi connectivity index (χ3n) is 3.12. The molecule has 0 saturated carbocycles. The number of aliphatic hydroxyl groups excluding tert-OH is 1. The molecule has 4 heteroatoms. The lowest BCUT2D eigenvalue weighted by Crippen LogP contribution is -2.50. The average Bonchev–Trinajstić information content (AvgIpc) is 2.42. The van der Waals surface area contributed by atoms with E-state index in [0.29, 0.717) is 13.1 Å². The van der Waals surface area contributed by atoms with E-state index in [2.05, 4.69) is 0 Å². The summed E-state index contributed by atoms with van der Waals surface area (Å²) in [5.74, 6) is -0.173. The van der Waals surface area contributed by atoms with Crippen molar-refractivity contribution in [2.45, 2.75) is 38.8 Å². The molecule has 0 fully saturated rings. The molecule has 1 amide bonds. The molecular weight excluding hydrogens is 240 g/mol. The molecule has 0 unspecified atom stereocenters. The highest BCUT2D eigenvalue weighted by molar-refractivity contribution is 5.82. The van der Waals surface area contributed by atoms with Gasteiger partial charge in [0.15, 0.2) is 0 Å². The van der Waals surface area contributed by atoms with Crippen molar-refractivity contribution in [1.29, 1.82) is 0 Å². The molecule has 0 saturated heterocycles. The molecule has 0 spiro atoms. The molecule has 0 aromatic heterocycles. The van der Waals surface area contributed by atoms with Crippen LogP contribution < -0.4 is 5.73 Å². The van der Waals surface area contributed by atoms with Gasteiger partial charge in [0.2, 0.25) is 5.91 Å². The van der Waals surface area contributed by atoms with Gasteiger partial charge in [0, 0.05) is 13.1 Å². The SMILES string of the molecule is CCCN(CCc1ccccc1)C(=O)[C@@H](N)[C@@H](C)O. The van der Waals surface area contributed by atoms with E-state index in [9.17, 15) is 9.90 Å². The zero-order valence-electron chi connectivity index (χ0n) is 11.7. The van der Waals surface area contributed by atoms with E-state index in [-0.39, 0.29) is 5.91 Å². The Balaban J connectivity index is 2.60. The largest absolute Gasteiger partial charge is 0.391 e. The van der Waals surface area contributed by atoms with Gasteiger partial charge in [-0.05, 0) is 25.3 Å². The second kappa shape index (κ2) is 7.92. The summed E-state index contributed by atoms with van der Waals surface area (Å²) in [5, 5.41) is 9.42. The summed E-state index contributed by atoms with van der Waals surface area (Å²) in [5.41, 5.74) is 6.92. The Morgan fingerprint density at radius 3 is 2.47 bits per heavy atom. The fraction of sp³-hybridized carbons (Fsp3) is 0.533. The predicted molar refractivity (Wildman–Crippen MR) is 76.7 cm³/mol. The molecule has 3 N–H and O–H groups in total. The highest BCUT2D eigenvalue weighted by Crippen LogP contribution is 2.05. The average molecular weight is 264 g/mol. The lowest BCUT2D eigenvalue weighted by atomic mass is 10.1. The van der Waals surface area contributed by atoms with E-state index in [0.717, 1.165) is 12.8 Å². The van der Waals surface area contributed by atoms with Crippen molar-refractivity contribution in [3.8, 4) is 0 Å². The highest BCUT2D eigenvalue weighted by Gasteiger charge is 2.23. The molecule has 1 aromatic rings. The first-order chi connectivity index (χ1) is 9.06. The summed E-state index contributed by atoms with van der Waals surface area (Å²) in [4.78, 5) is 13.9. The van der Waals surface area contributed by atoms with Crippen LogP contribution in [0.4, 0.5) is 0 Å². The molecule has 19 heavy (non-hydrogen) atoms. The fourth-order valence-electron chi connectivity index (χ4n) is 1.93. The van der Waals surface area contributed by atoms with Crippen molar-refractivity contribution in [3.05, 3.63) is 35.9 Å². The van der Waals surface area contributed by atoms with E-state index in [1.54, 1.807) is 11.8 Å². The van der Waals surface area contributed by atoms with Crippen molar-refractivity contribution < 1.29 is 9.90 Å². The first-order valence-corrected chi connectivity index (χ1v) is 6.82. The van der Waals surface area contributed by atoms with Gasteiger partial charge >= 0.3 is 0 Å².